The van der Waals surface area contributed by atoms with Gasteiger partial charge in [-0.1, -0.05) is 54.5 Å². The summed E-state index contributed by atoms with van der Waals surface area (Å²) in [6.07, 6.45) is 6.69. The first-order valence-electron chi connectivity index (χ1n) is 12.1. The van der Waals surface area contributed by atoms with Gasteiger partial charge in [-0.05, 0) is 31.9 Å². The van der Waals surface area contributed by atoms with Crippen LogP contribution in [0.4, 0.5) is 10.8 Å². The first-order valence-corrected chi connectivity index (χ1v) is 13.8. The number of para-hydroxylation sites is 2. The van der Waals surface area contributed by atoms with Crippen molar-refractivity contribution in [2.45, 2.75) is 68.2 Å². The lowest BCUT2D eigenvalue weighted by Gasteiger charge is -2.18. The number of ether oxygens (including phenoxy) is 1. The highest BCUT2D eigenvalue weighted by Gasteiger charge is 2.23. The third-order valence-corrected chi connectivity index (χ3v) is 8.29. The van der Waals surface area contributed by atoms with E-state index in [1.807, 2.05) is 30.7 Å². The van der Waals surface area contributed by atoms with Crippen molar-refractivity contribution in [3.05, 3.63) is 35.1 Å². The van der Waals surface area contributed by atoms with Crippen molar-refractivity contribution >= 4 is 45.7 Å². The molecule has 2 aromatic heterocycles. The monoisotopic (exact) mass is 529 g/mol. The van der Waals surface area contributed by atoms with E-state index in [1.54, 1.807) is 19.2 Å². The van der Waals surface area contributed by atoms with Crippen LogP contribution in [-0.2, 0) is 23.1 Å². The number of nitrogens with one attached hydrogen (secondary N) is 2. The van der Waals surface area contributed by atoms with Gasteiger partial charge in [-0.25, -0.2) is 0 Å². The minimum absolute atomic E-state index is 0.144. The summed E-state index contributed by atoms with van der Waals surface area (Å²) in [5.41, 5.74) is 0.625. The lowest BCUT2D eigenvalue weighted by Crippen LogP contribution is -2.22. The molecule has 2 amide bonds. The standard InChI is InChI=1S/C24H31N7O3S2/c1-15(21(33)26-23-29-28-22(36-23)16-9-5-4-6-10-16)35-24-30-27-19(31(24)2)13-14-20(32)25-17-11-7-8-12-18(17)34-3/h7-8,11-12,15-16H,4-6,9-10,13-14H2,1-3H3,(H,25,32)(H,26,29,33). The molecule has 12 heteroatoms. The van der Waals surface area contributed by atoms with Gasteiger partial charge in [0.25, 0.3) is 0 Å². The second-order valence-electron chi connectivity index (χ2n) is 8.74. The Hall–Kier alpha value is -2.99. The molecule has 0 radical (unpaired) electrons. The quantitative estimate of drug-likeness (QED) is 0.370. The number of anilines is 2. The molecule has 1 saturated carbocycles. The minimum atomic E-state index is -0.406. The van der Waals surface area contributed by atoms with Crippen molar-refractivity contribution in [2.24, 2.45) is 7.05 Å². The Labute approximate surface area is 218 Å². The number of aromatic nitrogens is 5. The summed E-state index contributed by atoms with van der Waals surface area (Å²) in [7, 11) is 3.40. The molecule has 36 heavy (non-hydrogen) atoms. The molecule has 192 valence electrons. The molecule has 1 aliphatic carbocycles. The molecule has 1 atom stereocenters. The van der Waals surface area contributed by atoms with Gasteiger partial charge in [0.2, 0.25) is 16.9 Å². The number of benzene rings is 1. The Bertz CT molecular complexity index is 1190. The van der Waals surface area contributed by atoms with Crippen molar-refractivity contribution in [3.8, 4) is 5.75 Å². The van der Waals surface area contributed by atoms with E-state index >= 15 is 0 Å². The van der Waals surface area contributed by atoms with Gasteiger partial charge in [0, 0.05) is 25.8 Å². The summed E-state index contributed by atoms with van der Waals surface area (Å²) in [6.45, 7) is 1.82. The lowest BCUT2D eigenvalue weighted by molar-refractivity contribution is -0.116. The highest BCUT2D eigenvalue weighted by atomic mass is 32.2. The molecule has 1 fully saturated rings. The fraction of sp³-hybridized carbons (Fsp3) is 0.500. The molecule has 0 aliphatic heterocycles. The summed E-state index contributed by atoms with van der Waals surface area (Å²) in [5.74, 6) is 1.43. The van der Waals surface area contributed by atoms with Crippen molar-refractivity contribution in [3.63, 3.8) is 0 Å². The Morgan fingerprint density at radius 1 is 1.14 bits per heavy atom. The van der Waals surface area contributed by atoms with Crippen LogP contribution < -0.4 is 15.4 Å². The van der Waals surface area contributed by atoms with Crippen molar-refractivity contribution in [1.82, 2.24) is 25.0 Å². The smallest absolute Gasteiger partial charge is 0.239 e. The highest BCUT2D eigenvalue weighted by Crippen LogP contribution is 2.35. The third kappa shape index (κ3) is 6.61. The maximum Gasteiger partial charge on any atom is 0.239 e. The van der Waals surface area contributed by atoms with Crippen molar-refractivity contribution in [1.29, 1.82) is 0 Å². The average molecular weight is 530 g/mol. The maximum absolute atomic E-state index is 12.7. The molecule has 1 unspecified atom stereocenters. The van der Waals surface area contributed by atoms with Crippen LogP contribution in [0.5, 0.6) is 5.75 Å². The van der Waals surface area contributed by atoms with Crippen molar-refractivity contribution in [2.75, 3.05) is 17.7 Å². The first-order chi connectivity index (χ1) is 17.4. The number of methoxy groups -OCH3 is 1. The van der Waals surface area contributed by atoms with Crippen LogP contribution in [0.1, 0.15) is 62.2 Å². The number of amides is 2. The molecule has 1 aromatic carbocycles. The molecule has 2 heterocycles. The zero-order valence-electron chi connectivity index (χ0n) is 20.7. The Morgan fingerprint density at radius 3 is 2.69 bits per heavy atom. The number of carbonyl (C=O) groups excluding carboxylic acids is 2. The number of rotatable bonds is 10. The predicted octanol–water partition coefficient (Wildman–Crippen LogP) is 4.41. The van der Waals surface area contributed by atoms with Gasteiger partial charge < -0.3 is 14.6 Å². The predicted molar refractivity (Wildman–Crippen MR) is 141 cm³/mol. The van der Waals surface area contributed by atoms with E-state index in [9.17, 15) is 9.59 Å². The zero-order chi connectivity index (χ0) is 25.5. The topological polar surface area (TPSA) is 124 Å². The molecular formula is C24H31N7O3S2. The SMILES string of the molecule is COc1ccccc1NC(=O)CCc1nnc(SC(C)C(=O)Nc2nnc(C3CCCCC3)s2)n1C. The number of hydrogen-bond donors (Lipinski definition) is 2. The number of hydrogen-bond acceptors (Lipinski definition) is 9. The minimum Gasteiger partial charge on any atom is -0.495 e. The van der Waals surface area contributed by atoms with E-state index in [0.717, 1.165) is 17.8 Å². The van der Waals surface area contributed by atoms with E-state index in [0.29, 0.717) is 39.9 Å². The van der Waals surface area contributed by atoms with Crippen LogP contribution in [-0.4, -0.2) is 49.1 Å². The van der Waals surface area contributed by atoms with Gasteiger partial charge in [0.1, 0.15) is 16.6 Å². The van der Waals surface area contributed by atoms with Gasteiger partial charge in [-0.15, -0.1) is 20.4 Å². The summed E-state index contributed by atoms with van der Waals surface area (Å²) in [6, 6.07) is 7.26. The number of carbonyl (C=O) groups is 2. The van der Waals surface area contributed by atoms with Gasteiger partial charge in [-0.2, -0.15) is 0 Å². The summed E-state index contributed by atoms with van der Waals surface area (Å²) in [4.78, 5) is 25.2. The van der Waals surface area contributed by atoms with Gasteiger partial charge in [-0.3, -0.25) is 14.9 Å². The van der Waals surface area contributed by atoms with Gasteiger partial charge >= 0.3 is 0 Å². The summed E-state index contributed by atoms with van der Waals surface area (Å²) >= 11 is 2.78. The molecule has 2 N–H and O–H groups in total. The molecule has 1 aliphatic rings. The van der Waals surface area contributed by atoms with Crippen LogP contribution >= 0.6 is 23.1 Å². The van der Waals surface area contributed by atoms with Crippen LogP contribution in [0.3, 0.4) is 0 Å². The van der Waals surface area contributed by atoms with Crippen LogP contribution in [0.15, 0.2) is 29.4 Å². The van der Waals surface area contributed by atoms with E-state index < -0.39 is 5.25 Å². The van der Waals surface area contributed by atoms with Crippen molar-refractivity contribution < 1.29 is 14.3 Å². The number of nitrogens with zero attached hydrogens (tertiary/aromatic N) is 5. The van der Waals surface area contributed by atoms with E-state index in [1.165, 1.54) is 42.4 Å². The molecule has 4 rings (SSSR count). The molecule has 0 spiro atoms. The van der Waals surface area contributed by atoms with E-state index in [4.69, 9.17) is 4.74 Å². The second kappa shape index (κ2) is 12.3. The maximum atomic E-state index is 12.7. The first kappa shape index (κ1) is 26.1. The summed E-state index contributed by atoms with van der Waals surface area (Å²) in [5, 5.41) is 24.4. The van der Waals surface area contributed by atoms with Crippen LogP contribution in [0.2, 0.25) is 0 Å². The third-order valence-electron chi connectivity index (χ3n) is 6.16. The van der Waals surface area contributed by atoms with Gasteiger partial charge in [0.15, 0.2) is 5.16 Å². The molecule has 0 bridgehead atoms. The average Bonchev–Trinajstić information content (AvgIpc) is 3.50. The molecule has 10 nitrogen and oxygen atoms in total. The Kier molecular flexibility index (Phi) is 8.92. The molecule has 0 saturated heterocycles. The van der Waals surface area contributed by atoms with E-state index in [-0.39, 0.29) is 18.2 Å². The number of thioether (sulfide) groups is 1. The van der Waals surface area contributed by atoms with Crippen LogP contribution in [0.25, 0.3) is 0 Å². The second-order valence-corrected chi connectivity index (χ2v) is 11.1. The fourth-order valence-corrected chi connectivity index (χ4v) is 5.82. The van der Waals surface area contributed by atoms with E-state index in [2.05, 4.69) is 31.0 Å². The van der Waals surface area contributed by atoms with Gasteiger partial charge in [0.05, 0.1) is 18.0 Å². The Balaban J connectivity index is 1.27. The van der Waals surface area contributed by atoms with Crippen LogP contribution in [0, 0.1) is 0 Å². The Morgan fingerprint density at radius 2 is 1.92 bits per heavy atom. The zero-order valence-corrected chi connectivity index (χ0v) is 22.3. The fourth-order valence-electron chi connectivity index (χ4n) is 4.07. The lowest BCUT2D eigenvalue weighted by atomic mass is 9.90. The molecular weight excluding hydrogens is 498 g/mol. The normalized spacial score (nSPS) is 14.9. The summed E-state index contributed by atoms with van der Waals surface area (Å²) < 4.78 is 7.09. The molecule has 3 aromatic rings. The largest absolute Gasteiger partial charge is 0.495 e. The number of aryl methyl sites for hydroxylation is 1. The highest BCUT2D eigenvalue weighted by molar-refractivity contribution is 8.00.